The molecule has 0 bridgehead atoms. The fraction of sp³-hybridized carbons (Fsp3) is 0.591. The van der Waals surface area contributed by atoms with Crippen LogP contribution in [-0.4, -0.2) is 34.0 Å². The fourth-order valence-electron chi connectivity index (χ4n) is 4.10. The third kappa shape index (κ3) is 5.57. The molecule has 0 N–H and O–H groups in total. The normalized spacial score (nSPS) is 18.9. The Morgan fingerprint density at radius 3 is 2.89 bits per heavy atom. The first-order valence-electron chi connectivity index (χ1n) is 10.1. The van der Waals surface area contributed by atoms with E-state index < -0.39 is 0 Å². The molecule has 0 aliphatic carbocycles. The standard InChI is InChI=1S/C22H30ClN3O2/c1-15(13-22(2,3)4)11-19(27)26-10-6-8-17(14-26)21-24-20(25-28-21)16-7-5-9-18(23)12-16/h5,7,9,12,15,17H,6,8,10-11,13-14H2,1-4H3. The van der Waals surface area contributed by atoms with E-state index in [1.54, 1.807) is 0 Å². The average Bonchev–Trinajstić information content (AvgIpc) is 3.10. The number of amides is 1. The van der Waals surface area contributed by atoms with Gasteiger partial charge < -0.3 is 9.42 Å². The number of carbonyl (C=O) groups excluding carboxylic acids is 1. The number of carbonyl (C=O) groups is 1. The lowest BCUT2D eigenvalue weighted by atomic mass is 9.84. The molecule has 2 heterocycles. The van der Waals surface area contributed by atoms with Crippen LogP contribution in [-0.2, 0) is 4.79 Å². The first-order valence-corrected chi connectivity index (χ1v) is 10.5. The smallest absolute Gasteiger partial charge is 0.231 e. The summed E-state index contributed by atoms with van der Waals surface area (Å²) in [7, 11) is 0. The molecule has 5 nitrogen and oxygen atoms in total. The van der Waals surface area contributed by atoms with Crippen LogP contribution in [0.2, 0.25) is 5.02 Å². The second-order valence-corrected chi connectivity index (χ2v) is 9.66. The van der Waals surface area contributed by atoms with Gasteiger partial charge in [-0.2, -0.15) is 4.98 Å². The number of aromatic nitrogens is 2. The molecule has 3 rings (SSSR count). The van der Waals surface area contributed by atoms with Gasteiger partial charge in [0.15, 0.2) is 0 Å². The van der Waals surface area contributed by atoms with E-state index in [0.717, 1.165) is 31.4 Å². The Bertz CT molecular complexity index is 812. The third-order valence-electron chi connectivity index (χ3n) is 5.13. The number of halogens is 1. The maximum absolute atomic E-state index is 12.8. The Balaban J connectivity index is 1.63. The van der Waals surface area contributed by atoms with Crippen LogP contribution in [0.4, 0.5) is 0 Å². The molecule has 1 aliphatic heterocycles. The molecule has 1 aromatic heterocycles. The predicted octanol–water partition coefficient (Wildman–Crippen LogP) is 5.56. The summed E-state index contributed by atoms with van der Waals surface area (Å²) in [5, 5.41) is 4.75. The molecule has 2 unspecified atom stereocenters. The number of rotatable bonds is 5. The van der Waals surface area contributed by atoms with Crippen LogP contribution in [0.1, 0.15) is 65.2 Å². The van der Waals surface area contributed by atoms with E-state index in [1.807, 2.05) is 29.2 Å². The van der Waals surface area contributed by atoms with Crippen LogP contribution in [0.3, 0.4) is 0 Å². The highest BCUT2D eigenvalue weighted by Gasteiger charge is 2.29. The van der Waals surface area contributed by atoms with Gasteiger partial charge in [-0.3, -0.25) is 4.79 Å². The number of benzene rings is 1. The lowest BCUT2D eigenvalue weighted by molar-refractivity contribution is -0.133. The van der Waals surface area contributed by atoms with Gasteiger partial charge in [0.2, 0.25) is 17.6 Å². The van der Waals surface area contributed by atoms with E-state index in [0.29, 0.717) is 35.6 Å². The van der Waals surface area contributed by atoms with Crippen molar-refractivity contribution in [2.24, 2.45) is 11.3 Å². The van der Waals surface area contributed by atoms with Gasteiger partial charge >= 0.3 is 0 Å². The summed E-state index contributed by atoms with van der Waals surface area (Å²) in [6.45, 7) is 10.3. The SMILES string of the molecule is CC(CC(=O)N1CCCC(c2nc(-c3cccc(Cl)c3)no2)C1)CC(C)(C)C. The molecule has 2 aromatic rings. The van der Waals surface area contributed by atoms with Crippen molar-refractivity contribution in [2.45, 2.75) is 59.3 Å². The van der Waals surface area contributed by atoms with Gasteiger partial charge in [-0.25, -0.2) is 0 Å². The fourth-order valence-corrected chi connectivity index (χ4v) is 4.29. The number of piperidine rings is 1. The minimum Gasteiger partial charge on any atom is -0.342 e. The predicted molar refractivity (Wildman–Crippen MR) is 111 cm³/mol. The van der Waals surface area contributed by atoms with Gasteiger partial charge in [0, 0.05) is 30.1 Å². The molecule has 0 spiro atoms. The molecule has 28 heavy (non-hydrogen) atoms. The lowest BCUT2D eigenvalue weighted by Crippen LogP contribution is -2.40. The molecule has 1 aliphatic rings. The molecule has 6 heteroatoms. The summed E-state index contributed by atoms with van der Waals surface area (Å²) in [5.41, 5.74) is 1.08. The Labute approximate surface area is 172 Å². The average molecular weight is 404 g/mol. The number of hydrogen-bond donors (Lipinski definition) is 0. The largest absolute Gasteiger partial charge is 0.342 e. The van der Waals surface area contributed by atoms with E-state index in [9.17, 15) is 4.79 Å². The van der Waals surface area contributed by atoms with Gasteiger partial charge in [-0.05, 0) is 42.7 Å². The Hall–Kier alpha value is -1.88. The van der Waals surface area contributed by atoms with E-state index in [2.05, 4.69) is 37.8 Å². The zero-order chi connectivity index (χ0) is 20.3. The van der Waals surface area contributed by atoms with Crippen molar-refractivity contribution in [3.63, 3.8) is 0 Å². The van der Waals surface area contributed by atoms with Crippen LogP contribution < -0.4 is 0 Å². The van der Waals surface area contributed by atoms with Gasteiger partial charge in [0.05, 0.1) is 5.92 Å². The summed E-state index contributed by atoms with van der Waals surface area (Å²) in [5.74, 6) is 1.85. The van der Waals surface area contributed by atoms with Gasteiger partial charge in [0.1, 0.15) is 0 Å². The number of nitrogens with zero attached hydrogens (tertiary/aromatic N) is 3. The van der Waals surface area contributed by atoms with Crippen molar-refractivity contribution in [3.05, 3.63) is 35.2 Å². The highest BCUT2D eigenvalue weighted by atomic mass is 35.5. The van der Waals surface area contributed by atoms with Crippen LogP contribution in [0.5, 0.6) is 0 Å². The number of hydrogen-bond acceptors (Lipinski definition) is 4. The molecular formula is C22H30ClN3O2. The molecular weight excluding hydrogens is 374 g/mol. The molecule has 1 fully saturated rings. The minimum absolute atomic E-state index is 0.0936. The van der Waals surface area contributed by atoms with Crippen LogP contribution >= 0.6 is 11.6 Å². The molecule has 1 saturated heterocycles. The Morgan fingerprint density at radius 2 is 2.18 bits per heavy atom. The summed E-state index contributed by atoms with van der Waals surface area (Å²) in [6, 6.07) is 7.42. The lowest BCUT2D eigenvalue weighted by Gasteiger charge is -2.32. The summed E-state index contributed by atoms with van der Waals surface area (Å²) >= 11 is 6.06. The molecule has 152 valence electrons. The maximum atomic E-state index is 12.8. The molecule has 2 atom stereocenters. The van der Waals surface area contributed by atoms with Crippen molar-refractivity contribution < 1.29 is 9.32 Å². The quantitative estimate of drug-likeness (QED) is 0.655. The second-order valence-electron chi connectivity index (χ2n) is 9.22. The van der Waals surface area contributed by atoms with Gasteiger partial charge in [-0.15, -0.1) is 0 Å². The highest BCUT2D eigenvalue weighted by molar-refractivity contribution is 6.30. The Morgan fingerprint density at radius 1 is 1.39 bits per heavy atom. The van der Waals surface area contributed by atoms with Crippen molar-refractivity contribution in [2.75, 3.05) is 13.1 Å². The molecule has 0 radical (unpaired) electrons. The zero-order valence-electron chi connectivity index (χ0n) is 17.2. The van der Waals surface area contributed by atoms with Crippen LogP contribution in [0.25, 0.3) is 11.4 Å². The molecule has 1 aromatic carbocycles. The van der Waals surface area contributed by atoms with Crippen molar-refractivity contribution in [3.8, 4) is 11.4 Å². The van der Waals surface area contributed by atoms with Gasteiger partial charge in [0.25, 0.3) is 0 Å². The first-order chi connectivity index (χ1) is 13.2. The highest BCUT2D eigenvalue weighted by Crippen LogP contribution is 2.30. The van der Waals surface area contributed by atoms with E-state index in [4.69, 9.17) is 16.1 Å². The van der Waals surface area contributed by atoms with Crippen molar-refractivity contribution >= 4 is 17.5 Å². The molecule has 1 amide bonds. The van der Waals surface area contributed by atoms with Crippen molar-refractivity contribution in [1.82, 2.24) is 15.0 Å². The van der Waals surface area contributed by atoms with E-state index in [1.165, 1.54) is 0 Å². The second kappa shape index (κ2) is 8.64. The summed E-state index contributed by atoms with van der Waals surface area (Å²) < 4.78 is 5.53. The summed E-state index contributed by atoms with van der Waals surface area (Å²) in [4.78, 5) is 19.3. The van der Waals surface area contributed by atoms with E-state index >= 15 is 0 Å². The number of likely N-dealkylation sites (tertiary alicyclic amines) is 1. The third-order valence-corrected chi connectivity index (χ3v) is 5.37. The van der Waals surface area contributed by atoms with Gasteiger partial charge in [-0.1, -0.05) is 56.6 Å². The van der Waals surface area contributed by atoms with E-state index in [-0.39, 0.29) is 17.2 Å². The monoisotopic (exact) mass is 403 g/mol. The molecule has 0 saturated carbocycles. The van der Waals surface area contributed by atoms with Crippen LogP contribution in [0, 0.1) is 11.3 Å². The minimum atomic E-state index is 0.0936. The Kier molecular flexibility index (Phi) is 6.43. The van der Waals surface area contributed by atoms with Crippen molar-refractivity contribution in [1.29, 1.82) is 0 Å². The summed E-state index contributed by atoms with van der Waals surface area (Å²) in [6.07, 6.45) is 3.56. The first kappa shape index (κ1) is 20.8. The topological polar surface area (TPSA) is 59.2 Å². The maximum Gasteiger partial charge on any atom is 0.231 e. The zero-order valence-corrected chi connectivity index (χ0v) is 18.0. The van der Waals surface area contributed by atoms with Crippen LogP contribution in [0.15, 0.2) is 28.8 Å².